The lowest BCUT2D eigenvalue weighted by Gasteiger charge is -2.12. The molecule has 0 spiro atoms. The maximum Gasteiger partial charge on any atom is 0.126 e. The quantitative estimate of drug-likeness (QED) is 0.263. The number of aryl methyl sites for hydroxylation is 1. The number of nitrogens with one attached hydrogen (secondary N) is 2. The van der Waals surface area contributed by atoms with Crippen LogP contribution in [0.2, 0.25) is 0 Å². The van der Waals surface area contributed by atoms with Crippen LogP contribution in [0, 0.1) is 18.3 Å². The van der Waals surface area contributed by atoms with Crippen LogP contribution in [0.1, 0.15) is 11.1 Å². The topological polar surface area (TPSA) is 114 Å². The summed E-state index contributed by atoms with van der Waals surface area (Å²) in [6.07, 6.45) is 2.62. The van der Waals surface area contributed by atoms with Crippen molar-refractivity contribution in [2.75, 3.05) is 18.5 Å². The largest absolute Gasteiger partial charge is 0.491 e. The summed E-state index contributed by atoms with van der Waals surface area (Å²) >= 11 is 1.55. The number of nitrogens with zero attached hydrogens (tertiary/aromatic N) is 2. The molecule has 4 N–H and O–H groups in total. The first-order valence-electron chi connectivity index (χ1n) is 10.8. The Morgan fingerprint density at radius 2 is 2.00 bits per heavy atom. The second-order valence-corrected chi connectivity index (χ2v) is 8.99. The summed E-state index contributed by atoms with van der Waals surface area (Å²) < 4.78 is 5.49. The molecule has 1 atom stereocenters. The average Bonchev–Trinajstić information content (AvgIpc) is 3.52. The van der Waals surface area contributed by atoms with Gasteiger partial charge in [0, 0.05) is 39.2 Å². The van der Waals surface area contributed by atoms with E-state index in [0.717, 1.165) is 48.5 Å². The van der Waals surface area contributed by atoms with Crippen molar-refractivity contribution in [1.29, 1.82) is 5.26 Å². The van der Waals surface area contributed by atoms with Crippen LogP contribution in [0.4, 0.5) is 11.4 Å². The van der Waals surface area contributed by atoms with E-state index < -0.39 is 6.10 Å². The fourth-order valence-corrected chi connectivity index (χ4v) is 4.88. The highest BCUT2D eigenvalue weighted by Crippen LogP contribution is 2.39. The van der Waals surface area contributed by atoms with Crippen LogP contribution >= 0.6 is 11.3 Å². The summed E-state index contributed by atoms with van der Waals surface area (Å²) in [5.41, 5.74) is 5.33. The Bertz CT molecular complexity index is 1520. The molecule has 0 saturated heterocycles. The van der Waals surface area contributed by atoms with Gasteiger partial charge in [-0.15, -0.1) is 11.3 Å². The van der Waals surface area contributed by atoms with Crippen molar-refractivity contribution in [3.05, 3.63) is 72.1 Å². The SMILES string of the molecule is Cc1c(Nc2c(C#N)cnc3sc(-c4ccc(OC[C@H](O)CO)cc4)cc23)ccc2[nH]ccc12. The molecule has 0 aliphatic heterocycles. The van der Waals surface area contributed by atoms with Crippen molar-refractivity contribution >= 4 is 43.8 Å². The third-order valence-electron chi connectivity index (χ3n) is 5.74. The number of hydrogen-bond acceptors (Lipinski definition) is 7. The number of nitriles is 1. The Morgan fingerprint density at radius 3 is 2.76 bits per heavy atom. The van der Waals surface area contributed by atoms with Crippen molar-refractivity contribution in [3.8, 4) is 22.3 Å². The predicted molar refractivity (Wildman–Crippen MR) is 135 cm³/mol. The van der Waals surface area contributed by atoms with Gasteiger partial charge in [0.1, 0.15) is 29.4 Å². The highest BCUT2D eigenvalue weighted by Gasteiger charge is 2.15. The molecule has 0 amide bonds. The van der Waals surface area contributed by atoms with Crippen LogP contribution in [0.3, 0.4) is 0 Å². The van der Waals surface area contributed by atoms with Gasteiger partial charge < -0.3 is 25.3 Å². The number of aliphatic hydroxyl groups is 2. The average molecular weight is 471 g/mol. The van der Waals surface area contributed by atoms with Gasteiger partial charge in [0.15, 0.2) is 0 Å². The molecule has 34 heavy (non-hydrogen) atoms. The van der Waals surface area contributed by atoms with E-state index in [1.54, 1.807) is 17.5 Å². The minimum atomic E-state index is -0.907. The van der Waals surface area contributed by atoms with Crippen molar-refractivity contribution in [3.63, 3.8) is 0 Å². The van der Waals surface area contributed by atoms with E-state index in [2.05, 4.69) is 28.3 Å². The zero-order valence-corrected chi connectivity index (χ0v) is 19.2. The molecule has 3 aromatic heterocycles. The van der Waals surface area contributed by atoms with E-state index in [9.17, 15) is 10.4 Å². The summed E-state index contributed by atoms with van der Waals surface area (Å²) in [4.78, 5) is 9.59. The van der Waals surface area contributed by atoms with E-state index in [1.807, 2.05) is 54.7 Å². The molecule has 0 aliphatic rings. The number of pyridine rings is 1. The second kappa shape index (κ2) is 9.15. The number of hydrogen-bond donors (Lipinski definition) is 4. The van der Waals surface area contributed by atoms with E-state index >= 15 is 0 Å². The number of aliphatic hydroxyl groups excluding tert-OH is 2. The lowest BCUT2D eigenvalue weighted by Crippen LogP contribution is -2.21. The van der Waals surface area contributed by atoms with Crippen LogP contribution in [0.15, 0.2) is 60.9 Å². The van der Waals surface area contributed by atoms with Gasteiger partial charge >= 0.3 is 0 Å². The van der Waals surface area contributed by atoms with Crippen molar-refractivity contribution < 1.29 is 14.9 Å². The summed E-state index contributed by atoms with van der Waals surface area (Å²) in [7, 11) is 0. The third kappa shape index (κ3) is 4.08. The fourth-order valence-electron chi connectivity index (χ4n) is 3.87. The van der Waals surface area contributed by atoms with Gasteiger partial charge in [0.25, 0.3) is 0 Å². The molecule has 5 rings (SSSR count). The van der Waals surface area contributed by atoms with Gasteiger partial charge in [0.2, 0.25) is 0 Å². The Balaban J connectivity index is 1.49. The maximum absolute atomic E-state index is 9.75. The number of anilines is 2. The monoisotopic (exact) mass is 470 g/mol. The van der Waals surface area contributed by atoms with E-state index in [4.69, 9.17) is 9.84 Å². The number of benzene rings is 2. The second-order valence-electron chi connectivity index (χ2n) is 7.96. The summed E-state index contributed by atoms with van der Waals surface area (Å²) in [5.74, 6) is 0.611. The molecule has 3 heterocycles. The number of aromatic nitrogens is 2. The zero-order valence-electron chi connectivity index (χ0n) is 18.4. The van der Waals surface area contributed by atoms with Crippen LogP contribution in [-0.4, -0.2) is 39.5 Å². The fraction of sp³-hybridized carbons (Fsp3) is 0.154. The summed E-state index contributed by atoms with van der Waals surface area (Å²) in [6, 6.07) is 17.9. The molecule has 0 saturated carbocycles. The number of aromatic amines is 1. The van der Waals surface area contributed by atoms with Gasteiger partial charge in [-0.2, -0.15) is 5.26 Å². The predicted octanol–water partition coefficient (Wildman–Crippen LogP) is 5.10. The van der Waals surface area contributed by atoms with Gasteiger partial charge in [-0.25, -0.2) is 4.98 Å². The normalized spacial score (nSPS) is 12.1. The van der Waals surface area contributed by atoms with Crippen LogP contribution in [-0.2, 0) is 0 Å². The Kier molecular flexibility index (Phi) is 5.90. The minimum absolute atomic E-state index is 0.0303. The van der Waals surface area contributed by atoms with Gasteiger partial charge in [-0.05, 0) is 66.6 Å². The van der Waals surface area contributed by atoms with Crippen molar-refractivity contribution in [2.24, 2.45) is 0 Å². The minimum Gasteiger partial charge on any atom is -0.491 e. The number of fused-ring (bicyclic) bond motifs is 2. The summed E-state index contributed by atoms with van der Waals surface area (Å²) in [6.45, 7) is 1.75. The Morgan fingerprint density at radius 1 is 1.18 bits per heavy atom. The highest BCUT2D eigenvalue weighted by atomic mass is 32.1. The molecule has 5 aromatic rings. The molecule has 0 bridgehead atoms. The molecule has 2 aromatic carbocycles. The number of ether oxygens (including phenoxy) is 1. The molecule has 0 fully saturated rings. The molecule has 170 valence electrons. The van der Waals surface area contributed by atoms with Gasteiger partial charge in [0.05, 0.1) is 17.9 Å². The Labute approximate surface area is 199 Å². The number of thiophene rings is 1. The van der Waals surface area contributed by atoms with Gasteiger partial charge in [-0.1, -0.05) is 0 Å². The van der Waals surface area contributed by atoms with Crippen LogP contribution in [0.5, 0.6) is 5.75 Å². The van der Waals surface area contributed by atoms with E-state index in [1.165, 1.54) is 0 Å². The molecule has 8 heteroatoms. The first kappa shape index (κ1) is 21.9. The maximum atomic E-state index is 9.75. The standard InChI is InChI=1S/C26H22N4O3S/c1-15-20-8-9-28-23(20)7-6-22(15)30-25-17(11-27)12-29-26-21(25)10-24(34-26)16-2-4-19(5-3-16)33-14-18(32)13-31/h2-10,12,18,28,31-32H,13-14H2,1H3,(H,29,30)/t18-/m1/s1. The van der Waals surface area contributed by atoms with E-state index in [0.29, 0.717) is 11.3 Å². The lowest BCUT2D eigenvalue weighted by atomic mass is 10.1. The molecular formula is C26H22N4O3S. The first-order chi connectivity index (χ1) is 16.6. The smallest absolute Gasteiger partial charge is 0.126 e. The molecular weight excluding hydrogens is 448 g/mol. The first-order valence-corrected chi connectivity index (χ1v) is 11.6. The third-order valence-corrected chi connectivity index (χ3v) is 6.83. The van der Waals surface area contributed by atoms with Crippen LogP contribution < -0.4 is 10.1 Å². The molecule has 7 nitrogen and oxygen atoms in total. The molecule has 0 radical (unpaired) electrons. The molecule has 0 unspecified atom stereocenters. The van der Waals surface area contributed by atoms with Crippen molar-refractivity contribution in [2.45, 2.75) is 13.0 Å². The van der Waals surface area contributed by atoms with Crippen LogP contribution in [0.25, 0.3) is 31.6 Å². The Hall–Kier alpha value is -3.90. The highest BCUT2D eigenvalue weighted by molar-refractivity contribution is 7.21. The van der Waals surface area contributed by atoms with Crippen molar-refractivity contribution in [1.82, 2.24) is 9.97 Å². The lowest BCUT2D eigenvalue weighted by molar-refractivity contribution is 0.0536. The summed E-state index contributed by atoms with van der Waals surface area (Å²) in [5, 5.41) is 33.6. The van der Waals surface area contributed by atoms with E-state index in [-0.39, 0.29) is 13.2 Å². The number of H-pyrrole nitrogens is 1. The zero-order chi connectivity index (χ0) is 23.7. The number of rotatable bonds is 7. The molecule has 0 aliphatic carbocycles. The van der Waals surface area contributed by atoms with Gasteiger partial charge in [-0.3, -0.25) is 0 Å².